The SMILES string of the molecule is CC/C=C\C/C=C\C/C=C\C/C=C\C/C=C\C/C=C\CCCCC(=O)OC(COC(=O)CCCCCCCC/C=C\C/C=C\C/C=C\CCCCCCC)COC(=O)CCCCCCCCCCCC/C=C\C/C=C\C/C=C\C/C=C\CC. The summed E-state index contributed by atoms with van der Waals surface area (Å²) in [6.45, 7) is 6.36. The van der Waals surface area contributed by atoms with Crippen LogP contribution < -0.4 is 0 Å². The van der Waals surface area contributed by atoms with Crippen LogP contribution in [0.3, 0.4) is 0 Å². The minimum absolute atomic E-state index is 0.108. The van der Waals surface area contributed by atoms with Crippen molar-refractivity contribution in [1.82, 2.24) is 0 Å². The van der Waals surface area contributed by atoms with Crippen LogP contribution in [0.2, 0.25) is 0 Å². The topological polar surface area (TPSA) is 78.9 Å². The van der Waals surface area contributed by atoms with Crippen molar-refractivity contribution >= 4 is 17.9 Å². The number of carbonyl (C=O) groups is 3. The van der Waals surface area contributed by atoms with E-state index in [2.05, 4.69) is 179 Å². The Kier molecular flexibility index (Phi) is 65.4. The van der Waals surface area contributed by atoms with Gasteiger partial charge in [0.15, 0.2) is 6.10 Å². The maximum atomic E-state index is 12.9. The van der Waals surface area contributed by atoms with Crippen LogP contribution in [0.1, 0.15) is 290 Å². The molecule has 0 heterocycles. The molecule has 0 radical (unpaired) electrons. The van der Waals surface area contributed by atoms with E-state index in [1.807, 2.05) is 0 Å². The number of hydrogen-bond donors (Lipinski definition) is 0. The number of unbranched alkanes of at least 4 members (excludes halogenated alkanes) is 23. The first-order valence-electron chi connectivity index (χ1n) is 34.0. The van der Waals surface area contributed by atoms with Crippen molar-refractivity contribution in [3.63, 3.8) is 0 Å². The minimum Gasteiger partial charge on any atom is -0.462 e. The minimum atomic E-state index is -0.819. The van der Waals surface area contributed by atoms with Gasteiger partial charge in [-0.25, -0.2) is 0 Å². The van der Waals surface area contributed by atoms with E-state index in [-0.39, 0.29) is 37.5 Å². The predicted octanol–water partition coefficient (Wildman–Crippen LogP) is 23.7. The van der Waals surface area contributed by atoms with Gasteiger partial charge in [0.1, 0.15) is 13.2 Å². The van der Waals surface area contributed by atoms with Crippen LogP contribution in [-0.2, 0) is 28.6 Å². The molecule has 0 aliphatic rings. The van der Waals surface area contributed by atoms with Gasteiger partial charge in [0.05, 0.1) is 0 Å². The van der Waals surface area contributed by atoms with Crippen LogP contribution in [0.15, 0.2) is 158 Å². The second-order valence-corrected chi connectivity index (χ2v) is 22.0. The Morgan fingerprint density at radius 2 is 0.470 bits per heavy atom. The molecule has 468 valence electrons. The van der Waals surface area contributed by atoms with Crippen molar-refractivity contribution in [3.8, 4) is 0 Å². The van der Waals surface area contributed by atoms with Crippen LogP contribution in [0.4, 0.5) is 0 Å². The number of rotatable bonds is 60. The van der Waals surface area contributed by atoms with Gasteiger partial charge in [-0.2, -0.15) is 0 Å². The Morgan fingerprint density at radius 3 is 0.759 bits per heavy atom. The monoisotopic (exact) mass is 1140 g/mol. The fraction of sp³-hybridized carbons (Fsp3) is 0.623. The summed E-state index contributed by atoms with van der Waals surface area (Å²) >= 11 is 0. The molecule has 0 N–H and O–H groups in total. The molecule has 0 fully saturated rings. The zero-order chi connectivity index (χ0) is 59.9. The highest BCUT2D eigenvalue weighted by Crippen LogP contribution is 2.15. The summed E-state index contributed by atoms with van der Waals surface area (Å²) in [7, 11) is 0. The van der Waals surface area contributed by atoms with Crippen LogP contribution in [0.5, 0.6) is 0 Å². The van der Waals surface area contributed by atoms with Crippen molar-refractivity contribution in [1.29, 1.82) is 0 Å². The predicted molar refractivity (Wildman–Crippen MR) is 362 cm³/mol. The van der Waals surface area contributed by atoms with Gasteiger partial charge in [-0.1, -0.05) is 281 Å². The normalized spacial score (nSPS) is 13.1. The van der Waals surface area contributed by atoms with E-state index in [4.69, 9.17) is 14.2 Å². The van der Waals surface area contributed by atoms with E-state index in [1.54, 1.807) is 0 Å². The first-order valence-corrected chi connectivity index (χ1v) is 34.0. The molecule has 6 heteroatoms. The zero-order valence-corrected chi connectivity index (χ0v) is 53.7. The Labute approximate surface area is 511 Å². The highest BCUT2D eigenvalue weighted by Gasteiger charge is 2.19. The van der Waals surface area contributed by atoms with E-state index in [9.17, 15) is 14.4 Å². The van der Waals surface area contributed by atoms with Gasteiger partial charge < -0.3 is 14.2 Å². The molecule has 0 aromatic heterocycles. The molecule has 1 unspecified atom stereocenters. The third kappa shape index (κ3) is 67.7. The number of ether oxygens (including phenoxy) is 3. The summed E-state index contributed by atoms with van der Waals surface area (Å²) in [4.78, 5) is 38.5. The lowest BCUT2D eigenvalue weighted by molar-refractivity contribution is -0.167. The van der Waals surface area contributed by atoms with Crippen molar-refractivity contribution < 1.29 is 28.6 Å². The Hall–Kier alpha value is -4.97. The Bertz CT molecular complexity index is 1840. The smallest absolute Gasteiger partial charge is 0.306 e. The van der Waals surface area contributed by atoms with Crippen molar-refractivity contribution in [2.45, 2.75) is 297 Å². The zero-order valence-electron chi connectivity index (χ0n) is 53.7. The van der Waals surface area contributed by atoms with E-state index >= 15 is 0 Å². The summed E-state index contributed by atoms with van der Waals surface area (Å²) in [5.74, 6) is -0.967. The number of allylic oxidation sites excluding steroid dienone is 26. The molecule has 0 saturated heterocycles. The van der Waals surface area contributed by atoms with Crippen LogP contribution in [0.25, 0.3) is 0 Å². The van der Waals surface area contributed by atoms with Gasteiger partial charge in [0.25, 0.3) is 0 Å². The molecular weight excluding hydrogens is 1020 g/mol. The lowest BCUT2D eigenvalue weighted by atomic mass is 10.1. The average Bonchev–Trinajstić information content (AvgIpc) is 3.49. The van der Waals surface area contributed by atoms with Crippen LogP contribution in [-0.4, -0.2) is 37.2 Å². The molecule has 0 rings (SSSR count). The number of carbonyl (C=O) groups excluding carboxylic acids is 3. The highest BCUT2D eigenvalue weighted by atomic mass is 16.6. The molecule has 6 nitrogen and oxygen atoms in total. The number of esters is 3. The summed E-state index contributed by atoms with van der Waals surface area (Å²) in [5, 5.41) is 0. The van der Waals surface area contributed by atoms with E-state index in [0.29, 0.717) is 19.3 Å². The van der Waals surface area contributed by atoms with Gasteiger partial charge in [-0.05, 0) is 148 Å². The first kappa shape index (κ1) is 78.0. The van der Waals surface area contributed by atoms with Gasteiger partial charge in [-0.3, -0.25) is 14.4 Å². The van der Waals surface area contributed by atoms with Gasteiger partial charge in [0.2, 0.25) is 0 Å². The summed E-state index contributed by atoms with van der Waals surface area (Å²) in [5.41, 5.74) is 0. The van der Waals surface area contributed by atoms with Gasteiger partial charge in [-0.15, -0.1) is 0 Å². The third-order valence-electron chi connectivity index (χ3n) is 14.0. The van der Waals surface area contributed by atoms with Crippen molar-refractivity contribution in [2.24, 2.45) is 0 Å². The van der Waals surface area contributed by atoms with E-state index in [0.717, 1.165) is 141 Å². The second-order valence-electron chi connectivity index (χ2n) is 22.0. The highest BCUT2D eigenvalue weighted by molar-refractivity contribution is 5.71. The lowest BCUT2D eigenvalue weighted by Crippen LogP contribution is -2.30. The van der Waals surface area contributed by atoms with Gasteiger partial charge >= 0.3 is 17.9 Å². The van der Waals surface area contributed by atoms with E-state index < -0.39 is 6.10 Å². The van der Waals surface area contributed by atoms with Crippen LogP contribution in [0, 0.1) is 0 Å². The molecule has 83 heavy (non-hydrogen) atoms. The molecule has 0 saturated carbocycles. The molecule has 0 bridgehead atoms. The second kappa shape index (κ2) is 69.5. The maximum absolute atomic E-state index is 12.9. The largest absolute Gasteiger partial charge is 0.462 e. The molecule has 0 aromatic rings. The molecule has 0 aromatic carbocycles. The molecule has 0 aliphatic carbocycles. The Morgan fingerprint density at radius 1 is 0.253 bits per heavy atom. The fourth-order valence-corrected chi connectivity index (χ4v) is 8.97. The quantitative estimate of drug-likeness (QED) is 0.0261. The van der Waals surface area contributed by atoms with E-state index in [1.165, 1.54) is 103 Å². The maximum Gasteiger partial charge on any atom is 0.306 e. The summed E-state index contributed by atoms with van der Waals surface area (Å²) < 4.78 is 16.9. The molecular formula is C77H124O6. The summed E-state index contributed by atoms with van der Waals surface area (Å²) in [6, 6.07) is 0. The Balaban J connectivity index is 4.52. The molecule has 0 spiro atoms. The molecule has 0 amide bonds. The fourth-order valence-electron chi connectivity index (χ4n) is 8.97. The van der Waals surface area contributed by atoms with Crippen LogP contribution >= 0.6 is 0 Å². The van der Waals surface area contributed by atoms with Crippen molar-refractivity contribution in [3.05, 3.63) is 158 Å². The van der Waals surface area contributed by atoms with Gasteiger partial charge in [0, 0.05) is 19.3 Å². The summed E-state index contributed by atoms with van der Waals surface area (Å²) in [6.07, 6.45) is 101. The standard InChI is InChI=1S/C77H124O6/c1-4-7-10-13-16-19-22-25-28-31-34-37-38-41-43-46-49-52-55-58-61-64-67-70-76(79)82-73-74(83-77(80)71-68-65-62-59-56-53-50-47-44-40-36-33-30-27-24-21-18-15-12-9-6-3)72-81-75(78)69-66-63-60-57-54-51-48-45-42-39-35-32-29-26-23-20-17-14-11-8-5-2/h7,9-10,12,16,18-19,21,23,25-28,30,32,34-37,40,42,45,47,50,56,59,74H,4-6,8,11,13-15,17,20,22,24,29,31,33,38-39,41,43-44,46,48-49,51-55,57-58,60-73H2,1-3H3/b10-7-,12-9-,19-16-,21-18-,26-23-,28-25-,30-27-,35-32-,37-34-,40-36-,45-42-,50-47-,59-56-. The van der Waals surface area contributed by atoms with Crippen molar-refractivity contribution in [2.75, 3.05) is 13.2 Å². The lowest BCUT2D eigenvalue weighted by Gasteiger charge is -2.18. The molecule has 1 atom stereocenters. The average molecular weight is 1150 g/mol. The molecule has 0 aliphatic heterocycles. The number of hydrogen-bond acceptors (Lipinski definition) is 6. The first-order chi connectivity index (χ1) is 41.0. The third-order valence-corrected chi connectivity index (χ3v) is 14.0.